The van der Waals surface area contributed by atoms with Crippen molar-refractivity contribution in [1.82, 2.24) is 0 Å². The van der Waals surface area contributed by atoms with Crippen LogP contribution in [0.15, 0.2) is 22.8 Å². The molecule has 2 rings (SSSR count). The van der Waals surface area contributed by atoms with Crippen LogP contribution in [0.25, 0.3) is 11.0 Å². The quantitative estimate of drug-likeness (QED) is 0.621. The number of nitrogens with two attached hydrogens (primary N) is 1. The highest BCUT2D eigenvalue weighted by Crippen LogP contribution is 2.28. The Bertz CT molecular complexity index is 462. The molecule has 4 heteroatoms. The van der Waals surface area contributed by atoms with Crippen LogP contribution in [-0.2, 0) is 13.2 Å². The summed E-state index contributed by atoms with van der Waals surface area (Å²) in [5.74, 6) is 0. The van der Waals surface area contributed by atoms with Crippen LogP contribution in [0.5, 0.6) is 0 Å². The molecule has 0 spiro atoms. The zero-order chi connectivity index (χ0) is 10.1. The molecule has 14 heavy (non-hydrogen) atoms. The molecule has 0 fully saturated rings. The lowest BCUT2D eigenvalue weighted by Crippen LogP contribution is -2.00. The summed E-state index contributed by atoms with van der Waals surface area (Å²) in [7, 11) is 0. The largest absolute Gasteiger partial charge is 0.464 e. The number of nitrogen functional groups attached to an aromatic ring is 1. The van der Waals surface area contributed by atoms with Crippen molar-refractivity contribution in [1.29, 1.82) is 0 Å². The highest BCUT2D eigenvalue weighted by molar-refractivity contribution is 5.86. The molecule has 74 valence electrons. The summed E-state index contributed by atoms with van der Waals surface area (Å²) in [4.78, 5) is 0. The maximum Gasteiger partial charge on any atom is 0.141 e. The summed E-state index contributed by atoms with van der Waals surface area (Å²) >= 11 is 0. The van der Waals surface area contributed by atoms with Gasteiger partial charge < -0.3 is 20.4 Å². The summed E-state index contributed by atoms with van der Waals surface area (Å²) < 4.78 is 5.20. The van der Waals surface area contributed by atoms with Crippen molar-refractivity contribution in [3.05, 3.63) is 29.5 Å². The van der Waals surface area contributed by atoms with E-state index in [9.17, 15) is 0 Å². The van der Waals surface area contributed by atoms with Gasteiger partial charge in [-0.2, -0.15) is 0 Å². The van der Waals surface area contributed by atoms with Crippen LogP contribution in [0.1, 0.15) is 11.1 Å². The van der Waals surface area contributed by atoms with Gasteiger partial charge in [-0.1, -0.05) is 0 Å². The fourth-order valence-corrected chi connectivity index (χ4v) is 1.55. The first-order chi connectivity index (χ1) is 6.77. The Hall–Kier alpha value is -1.52. The second kappa shape index (κ2) is 3.32. The van der Waals surface area contributed by atoms with Crippen LogP contribution in [0.4, 0.5) is 5.69 Å². The van der Waals surface area contributed by atoms with E-state index in [1.807, 2.05) is 0 Å². The topological polar surface area (TPSA) is 79.6 Å². The summed E-state index contributed by atoms with van der Waals surface area (Å²) in [5.41, 5.74) is 7.89. The highest BCUT2D eigenvalue weighted by Gasteiger charge is 2.11. The van der Waals surface area contributed by atoms with Crippen LogP contribution >= 0.6 is 0 Å². The van der Waals surface area contributed by atoms with E-state index in [2.05, 4.69) is 0 Å². The lowest BCUT2D eigenvalue weighted by Gasteiger charge is -2.07. The minimum atomic E-state index is -0.191. The number of fused-ring (bicyclic) bond motifs is 1. The maximum atomic E-state index is 9.13. The molecular formula is C10H11NO3. The molecule has 1 aromatic heterocycles. The van der Waals surface area contributed by atoms with E-state index in [-0.39, 0.29) is 13.2 Å². The van der Waals surface area contributed by atoms with Gasteiger partial charge in [-0.05, 0) is 12.1 Å². The highest BCUT2D eigenvalue weighted by atomic mass is 16.3. The second-order valence-corrected chi connectivity index (χ2v) is 3.08. The Labute approximate surface area is 80.6 Å². The second-order valence-electron chi connectivity index (χ2n) is 3.08. The van der Waals surface area contributed by atoms with Gasteiger partial charge in [-0.3, -0.25) is 0 Å². The predicted molar refractivity (Wildman–Crippen MR) is 52.5 cm³/mol. The zero-order valence-corrected chi connectivity index (χ0v) is 7.53. The lowest BCUT2D eigenvalue weighted by atomic mass is 10.0. The van der Waals surface area contributed by atoms with Crippen molar-refractivity contribution in [3.63, 3.8) is 0 Å². The number of anilines is 1. The molecular weight excluding hydrogens is 182 g/mol. The van der Waals surface area contributed by atoms with Gasteiger partial charge in [0.1, 0.15) is 5.58 Å². The van der Waals surface area contributed by atoms with E-state index in [4.69, 9.17) is 20.4 Å². The number of aliphatic hydroxyl groups excluding tert-OH is 2. The molecule has 0 radical (unpaired) electrons. The first kappa shape index (κ1) is 9.05. The van der Waals surface area contributed by atoms with E-state index >= 15 is 0 Å². The predicted octanol–water partition coefficient (Wildman–Crippen LogP) is 1.000. The van der Waals surface area contributed by atoms with Gasteiger partial charge in [0.25, 0.3) is 0 Å². The van der Waals surface area contributed by atoms with Gasteiger partial charge in [0.2, 0.25) is 0 Å². The molecule has 0 aliphatic rings. The van der Waals surface area contributed by atoms with Crippen LogP contribution in [0, 0.1) is 0 Å². The molecule has 2 aromatic rings. The molecule has 0 bridgehead atoms. The van der Waals surface area contributed by atoms with Crippen molar-refractivity contribution < 1.29 is 14.6 Å². The Morgan fingerprint density at radius 2 is 2.07 bits per heavy atom. The SMILES string of the molecule is Nc1c(CO)cc2ccoc2c1CO. The average molecular weight is 193 g/mol. The van der Waals surface area contributed by atoms with Gasteiger partial charge in [0.05, 0.1) is 19.5 Å². The minimum absolute atomic E-state index is 0.139. The Morgan fingerprint density at radius 1 is 1.29 bits per heavy atom. The first-order valence-corrected chi connectivity index (χ1v) is 4.27. The van der Waals surface area contributed by atoms with E-state index in [1.54, 1.807) is 12.1 Å². The van der Waals surface area contributed by atoms with E-state index in [0.29, 0.717) is 22.4 Å². The van der Waals surface area contributed by atoms with Crippen molar-refractivity contribution in [2.24, 2.45) is 0 Å². The number of hydrogen-bond donors (Lipinski definition) is 3. The number of benzene rings is 1. The van der Waals surface area contributed by atoms with Gasteiger partial charge in [-0.25, -0.2) is 0 Å². The molecule has 0 unspecified atom stereocenters. The molecule has 4 N–H and O–H groups in total. The van der Waals surface area contributed by atoms with Crippen molar-refractivity contribution in [3.8, 4) is 0 Å². The molecule has 4 nitrogen and oxygen atoms in total. The third kappa shape index (κ3) is 1.16. The van der Waals surface area contributed by atoms with Gasteiger partial charge in [-0.15, -0.1) is 0 Å². The molecule has 1 heterocycles. The molecule has 0 saturated heterocycles. The third-order valence-corrected chi connectivity index (χ3v) is 2.30. The zero-order valence-electron chi connectivity index (χ0n) is 7.53. The van der Waals surface area contributed by atoms with Crippen LogP contribution < -0.4 is 5.73 Å². The average Bonchev–Trinajstić information content (AvgIpc) is 2.64. The molecule has 0 amide bonds. The number of aliphatic hydroxyl groups is 2. The number of rotatable bonds is 2. The smallest absolute Gasteiger partial charge is 0.141 e. The Kier molecular flexibility index (Phi) is 2.15. The third-order valence-electron chi connectivity index (χ3n) is 2.30. The standard InChI is InChI=1S/C10H11NO3/c11-9-7(4-12)3-6-1-2-14-10(6)8(9)5-13/h1-3,12-13H,4-5,11H2. The fraction of sp³-hybridized carbons (Fsp3) is 0.200. The molecule has 1 aromatic carbocycles. The summed E-state index contributed by atoms with van der Waals surface area (Å²) in [6.07, 6.45) is 1.53. The normalized spacial score (nSPS) is 11.0. The van der Waals surface area contributed by atoms with E-state index < -0.39 is 0 Å². The summed E-state index contributed by atoms with van der Waals surface area (Å²) in [6, 6.07) is 3.53. The van der Waals surface area contributed by atoms with Crippen LogP contribution in [0.3, 0.4) is 0 Å². The lowest BCUT2D eigenvalue weighted by molar-refractivity contribution is 0.277. The summed E-state index contributed by atoms with van der Waals surface area (Å²) in [5, 5.41) is 19.0. The number of furan rings is 1. The Morgan fingerprint density at radius 3 is 2.71 bits per heavy atom. The van der Waals surface area contributed by atoms with Crippen LogP contribution in [-0.4, -0.2) is 10.2 Å². The van der Waals surface area contributed by atoms with Crippen molar-refractivity contribution in [2.45, 2.75) is 13.2 Å². The van der Waals surface area contributed by atoms with E-state index in [0.717, 1.165) is 5.39 Å². The maximum absolute atomic E-state index is 9.13. The minimum Gasteiger partial charge on any atom is -0.464 e. The molecule has 0 atom stereocenters. The monoisotopic (exact) mass is 193 g/mol. The molecule has 0 aliphatic heterocycles. The summed E-state index contributed by atoms with van der Waals surface area (Å²) in [6.45, 7) is -0.330. The molecule has 0 saturated carbocycles. The Balaban J connectivity index is 2.80. The van der Waals surface area contributed by atoms with Gasteiger partial charge in [0, 0.05) is 22.2 Å². The first-order valence-electron chi connectivity index (χ1n) is 4.27. The molecule has 0 aliphatic carbocycles. The van der Waals surface area contributed by atoms with Crippen LogP contribution in [0.2, 0.25) is 0 Å². The fourth-order valence-electron chi connectivity index (χ4n) is 1.55. The number of hydrogen-bond acceptors (Lipinski definition) is 4. The van der Waals surface area contributed by atoms with E-state index in [1.165, 1.54) is 6.26 Å². The van der Waals surface area contributed by atoms with Crippen molar-refractivity contribution in [2.75, 3.05) is 5.73 Å². The van der Waals surface area contributed by atoms with Gasteiger partial charge >= 0.3 is 0 Å². The van der Waals surface area contributed by atoms with Gasteiger partial charge in [0.15, 0.2) is 0 Å². The van der Waals surface area contributed by atoms with Crippen molar-refractivity contribution >= 4 is 16.7 Å².